The number of para-hydroxylation sites is 2. The molecule has 10 heteroatoms. The van der Waals surface area contributed by atoms with Crippen LogP contribution in [-0.4, -0.2) is 27.2 Å². The minimum absolute atomic E-state index is 0.0111. The molecule has 0 fully saturated rings. The van der Waals surface area contributed by atoms with Gasteiger partial charge in [-0.15, -0.1) is 11.8 Å². The quantitative estimate of drug-likeness (QED) is 0.258. The number of ether oxygens (including phenoxy) is 1. The maximum atomic E-state index is 13.6. The number of hydrogen-bond donors (Lipinski definition) is 1. The number of carbonyl (C=O) groups is 2. The van der Waals surface area contributed by atoms with E-state index in [0.717, 1.165) is 16.3 Å². The van der Waals surface area contributed by atoms with E-state index in [9.17, 15) is 22.8 Å². The lowest BCUT2D eigenvalue weighted by atomic mass is 10.2. The Morgan fingerprint density at radius 3 is 2.47 bits per heavy atom. The van der Waals surface area contributed by atoms with E-state index >= 15 is 0 Å². The van der Waals surface area contributed by atoms with Gasteiger partial charge in [0.15, 0.2) is 5.82 Å². The van der Waals surface area contributed by atoms with Gasteiger partial charge in [-0.2, -0.15) is 8.78 Å². The van der Waals surface area contributed by atoms with Crippen LogP contribution in [0.4, 0.5) is 18.9 Å². The number of amides is 1. The van der Waals surface area contributed by atoms with Crippen molar-refractivity contribution in [2.75, 3.05) is 11.1 Å². The van der Waals surface area contributed by atoms with E-state index in [1.54, 1.807) is 36.4 Å². The lowest BCUT2D eigenvalue weighted by molar-refractivity contribution is -0.113. The smallest absolute Gasteiger partial charge is 0.339 e. The summed E-state index contributed by atoms with van der Waals surface area (Å²) in [5.74, 6) is -1.57. The average molecular weight is 485 g/mol. The van der Waals surface area contributed by atoms with Crippen LogP contribution in [0.2, 0.25) is 0 Å². The molecular formula is C24H18F3N3O3S. The van der Waals surface area contributed by atoms with Crippen molar-refractivity contribution >= 4 is 40.4 Å². The minimum atomic E-state index is -2.84. The Hall–Kier alpha value is -3.79. The second kappa shape index (κ2) is 10.4. The predicted octanol–water partition coefficient (Wildman–Crippen LogP) is 5.66. The molecule has 0 aliphatic rings. The van der Waals surface area contributed by atoms with Gasteiger partial charge in [0.2, 0.25) is 5.91 Å². The Morgan fingerprint density at radius 1 is 1.00 bits per heavy atom. The number of esters is 1. The van der Waals surface area contributed by atoms with Gasteiger partial charge in [-0.05, 0) is 48.5 Å². The molecule has 0 aliphatic carbocycles. The molecule has 0 saturated heterocycles. The van der Waals surface area contributed by atoms with Crippen LogP contribution in [0.3, 0.4) is 0 Å². The van der Waals surface area contributed by atoms with Gasteiger partial charge in [0.25, 0.3) is 0 Å². The lowest BCUT2D eigenvalue weighted by Crippen LogP contribution is -2.15. The number of nitrogens with zero attached hydrogens (tertiary/aromatic N) is 2. The van der Waals surface area contributed by atoms with Crippen LogP contribution in [0, 0.1) is 5.82 Å². The maximum Gasteiger partial charge on any atom is 0.339 e. The number of anilines is 1. The highest BCUT2D eigenvalue weighted by Gasteiger charge is 2.20. The standard InChI is InChI=1S/C24H18F3N3O3S/c25-15-9-11-16(12-10-15)28-22(31)14-34-20-8-4-1-5-17(20)23(32)33-13-21-29-18-6-2-3-7-19(18)30(21)24(26)27/h1-12,24H,13-14H2,(H,28,31). The normalized spacial score (nSPS) is 11.1. The second-order valence-corrected chi connectivity index (χ2v) is 8.10. The van der Waals surface area contributed by atoms with Gasteiger partial charge in [0.05, 0.1) is 22.3 Å². The zero-order valence-electron chi connectivity index (χ0n) is 17.6. The molecule has 4 aromatic rings. The topological polar surface area (TPSA) is 73.2 Å². The van der Waals surface area contributed by atoms with Crippen molar-refractivity contribution in [3.63, 3.8) is 0 Å². The molecule has 6 nitrogen and oxygen atoms in total. The molecule has 0 atom stereocenters. The molecule has 0 saturated carbocycles. The summed E-state index contributed by atoms with van der Waals surface area (Å²) in [7, 11) is 0. The van der Waals surface area contributed by atoms with Crippen molar-refractivity contribution in [1.82, 2.24) is 9.55 Å². The van der Waals surface area contributed by atoms with Crippen LogP contribution < -0.4 is 5.32 Å². The van der Waals surface area contributed by atoms with E-state index < -0.39 is 24.9 Å². The third kappa shape index (κ3) is 5.40. The second-order valence-electron chi connectivity index (χ2n) is 7.08. The third-order valence-electron chi connectivity index (χ3n) is 4.79. The van der Waals surface area contributed by atoms with Crippen molar-refractivity contribution < 1.29 is 27.5 Å². The first kappa shape index (κ1) is 23.4. The summed E-state index contributed by atoms with van der Waals surface area (Å²) in [5.41, 5.74) is 1.26. The molecule has 1 aromatic heterocycles. The number of fused-ring (bicyclic) bond motifs is 1. The average Bonchev–Trinajstić information content (AvgIpc) is 3.21. The molecule has 1 amide bonds. The summed E-state index contributed by atoms with van der Waals surface area (Å²) >= 11 is 1.11. The SMILES string of the molecule is O=C(CSc1ccccc1C(=O)OCc1nc2ccccc2n1C(F)F)Nc1ccc(F)cc1. The van der Waals surface area contributed by atoms with Gasteiger partial charge < -0.3 is 10.1 Å². The Kier molecular flexibility index (Phi) is 7.17. The minimum Gasteiger partial charge on any atom is -0.454 e. The third-order valence-corrected chi connectivity index (χ3v) is 5.86. The van der Waals surface area contributed by atoms with E-state index in [1.165, 1.54) is 36.4 Å². The highest BCUT2D eigenvalue weighted by Crippen LogP contribution is 2.26. The predicted molar refractivity (Wildman–Crippen MR) is 122 cm³/mol. The molecule has 0 bridgehead atoms. The molecule has 3 aromatic carbocycles. The Morgan fingerprint density at radius 2 is 1.71 bits per heavy atom. The van der Waals surface area contributed by atoms with E-state index in [1.807, 2.05) is 0 Å². The lowest BCUT2D eigenvalue weighted by Gasteiger charge is -2.11. The van der Waals surface area contributed by atoms with Crippen molar-refractivity contribution in [3.05, 3.63) is 90.0 Å². The monoisotopic (exact) mass is 485 g/mol. The molecule has 0 aliphatic heterocycles. The largest absolute Gasteiger partial charge is 0.454 e. The first-order valence-corrected chi connectivity index (χ1v) is 11.1. The summed E-state index contributed by atoms with van der Waals surface area (Å²) in [5, 5.41) is 2.64. The number of thioether (sulfide) groups is 1. The Balaban J connectivity index is 1.42. The fraction of sp³-hybridized carbons (Fsp3) is 0.125. The number of carbonyl (C=O) groups excluding carboxylic acids is 2. The number of imidazole rings is 1. The van der Waals surface area contributed by atoms with Crippen molar-refractivity contribution in [2.45, 2.75) is 18.1 Å². The fourth-order valence-electron chi connectivity index (χ4n) is 3.26. The van der Waals surface area contributed by atoms with Crippen molar-refractivity contribution in [2.24, 2.45) is 0 Å². The van der Waals surface area contributed by atoms with Crippen LogP contribution in [0.15, 0.2) is 77.7 Å². The number of aromatic nitrogens is 2. The molecular weight excluding hydrogens is 467 g/mol. The fourth-order valence-corrected chi connectivity index (χ4v) is 4.10. The van der Waals surface area contributed by atoms with Crippen molar-refractivity contribution in [1.29, 1.82) is 0 Å². The van der Waals surface area contributed by atoms with Crippen LogP contribution in [0.5, 0.6) is 0 Å². The van der Waals surface area contributed by atoms with Gasteiger partial charge in [-0.1, -0.05) is 24.3 Å². The van der Waals surface area contributed by atoms with Crippen molar-refractivity contribution in [3.8, 4) is 0 Å². The maximum absolute atomic E-state index is 13.6. The zero-order valence-corrected chi connectivity index (χ0v) is 18.4. The molecule has 1 heterocycles. The molecule has 0 spiro atoms. The Labute approximate surface area is 196 Å². The van der Waals surface area contributed by atoms with Crippen LogP contribution in [0.25, 0.3) is 11.0 Å². The Bertz CT molecular complexity index is 1330. The van der Waals surface area contributed by atoms with E-state index in [4.69, 9.17) is 4.74 Å². The molecule has 174 valence electrons. The number of nitrogens with one attached hydrogen (secondary N) is 1. The number of alkyl halides is 2. The van der Waals surface area contributed by atoms with Crippen LogP contribution >= 0.6 is 11.8 Å². The summed E-state index contributed by atoms with van der Waals surface area (Å²) < 4.78 is 46.2. The molecule has 1 N–H and O–H groups in total. The summed E-state index contributed by atoms with van der Waals surface area (Å²) in [6.45, 7) is -3.29. The van der Waals surface area contributed by atoms with E-state index in [-0.39, 0.29) is 28.6 Å². The number of halogens is 3. The highest BCUT2D eigenvalue weighted by atomic mass is 32.2. The first-order chi connectivity index (χ1) is 16.4. The molecule has 0 radical (unpaired) electrons. The number of hydrogen-bond acceptors (Lipinski definition) is 5. The van der Waals surface area contributed by atoms with Crippen LogP contribution in [0.1, 0.15) is 22.7 Å². The zero-order chi connectivity index (χ0) is 24.1. The molecule has 4 rings (SSSR count). The summed E-state index contributed by atoms with van der Waals surface area (Å²) in [6.07, 6.45) is 0. The van der Waals surface area contributed by atoms with Gasteiger partial charge >= 0.3 is 12.5 Å². The van der Waals surface area contributed by atoms with Gasteiger partial charge in [0.1, 0.15) is 12.4 Å². The summed E-state index contributed by atoms with van der Waals surface area (Å²) in [4.78, 5) is 29.6. The molecule has 34 heavy (non-hydrogen) atoms. The van der Waals surface area contributed by atoms with Gasteiger partial charge in [-0.3, -0.25) is 9.36 Å². The number of rotatable bonds is 8. The first-order valence-electron chi connectivity index (χ1n) is 10.1. The van der Waals surface area contributed by atoms with Gasteiger partial charge in [0, 0.05) is 10.6 Å². The number of benzene rings is 3. The summed E-state index contributed by atoms with van der Waals surface area (Å²) in [6, 6.07) is 18.3. The molecule has 0 unspecified atom stereocenters. The van der Waals surface area contributed by atoms with E-state index in [0.29, 0.717) is 16.1 Å². The van der Waals surface area contributed by atoms with Gasteiger partial charge in [-0.25, -0.2) is 14.2 Å². The van der Waals surface area contributed by atoms with Crippen LogP contribution in [-0.2, 0) is 16.1 Å². The highest BCUT2D eigenvalue weighted by molar-refractivity contribution is 8.00. The van der Waals surface area contributed by atoms with E-state index in [2.05, 4.69) is 10.3 Å².